The van der Waals surface area contributed by atoms with Gasteiger partial charge in [-0.3, -0.25) is 0 Å². The predicted octanol–water partition coefficient (Wildman–Crippen LogP) is -0.261. The van der Waals surface area contributed by atoms with Crippen LogP contribution < -0.4 is 0 Å². The first kappa shape index (κ1) is 23.9. The molecule has 0 atom stereocenters. The van der Waals surface area contributed by atoms with Crippen LogP contribution in [-0.4, -0.2) is 76.8 Å². The van der Waals surface area contributed by atoms with Gasteiger partial charge in [0.2, 0.25) is 12.5 Å². The Hall–Kier alpha value is -0.333. The van der Waals surface area contributed by atoms with Crippen LogP contribution in [-0.2, 0) is 29.5 Å². The maximum atomic E-state index is 12.3. The summed E-state index contributed by atoms with van der Waals surface area (Å²) in [5.41, 5.74) is -12.6. The Morgan fingerprint density at radius 1 is 0.864 bits per heavy atom. The summed E-state index contributed by atoms with van der Waals surface area (Å²) in [6, 6.07) is 0. The van der Waals surface area contributed by atoms with Gasteiger partial charge in [-0.25, -0.2) is 0 Å². The van der Waals surface area contributed by atoms with Crippen molar-refractivity contribution < 1.29 is 56.0 Å². The summed E-state index contributed by atoms with van der Waals surface area (Å²) in [4.78, 5) is 0. The average molecular weight is 376 g/mol. The van der Waals surface area contributed by atoms with Gasteiger partial charge in [0.25, 0.3) is 0 Å². The number of alkyl halides is 6. The van der Waals surface area contributed by atoms with E-state index in [0.29, 0.717) is 0 Å². The van der Waals surface area contributed by atoms with Crippen LogP contribution in [0.15, 0.2) is 0 Å². The Morgan fingerprint density at radius 2 is 1.14 bits per heavy atom. The summed E-state index contributed by atoms with van der Waals surface area (Å²) in [7, 11) is -12.3. The quantitative estimate of drug-likeness (QED) is 0.216. The van der Waals surface area contributed by atoms with Crippen LogP contribution >= 0.6 is 0 Å². The molecule has 0 radical (unpaired) electrons. The minimum atomic E-state index is -6.88. The van der Waals surface area contributed by atoms with Crippen molar-refractivity contribution in [3.8, 4) is 0 Å². The standard InChI is InChI=1S/C6H8F6NO6S2.Li.H/c1-18-4(19-2)3-13(20(14,15)5(7,8)9)21(16,17)6(10,11)12;;/h3-4H,1-2H3;;/q+1;;. The number of halogens is 6. The van der Waals surface area contributed by atoms with E-state index in [0.717, 1.165) is 14.2 Å². The van der Waals surface area contributed by atoms with Crippen LogP contribution in [0.4, 0.5) is 26.3 Å². The first-order chi connectivity index (χ1) is 9.12. The number of rotatable bonds is 5. The number of nitrogens with zero attached hydrogens (tertiary/aromatic N) is 1. The Labute approximate surface area is 133 Å². The molecule has 0 aromatic carbocycles. The second-order valence-corrected chi connectivity index (χ2v) is 6.96. The monoisotopic (exact) mass is 376 g/mol. The van der Waals surface area contributed by atoms with Gasteiger partial charge in [-0.15, -0.1) is 0 Å². The molecule has 0 N–H and O–H groups in total. The molecule has 0 aromatic heterocycles. The zero-order valence-electron chi connectivity index (χ0n) is 10.1. The fourth-order valence-electron chi connectivity index (χ4n) is 0.811. The van der Waals surface area contributed by atoms with Crippen molar-refractivity contribution in [3.05, 3.63) is 0 Å². The van der Waals surface area contributed by atoms with Crippen LogP contribution in [0.5, 0.6) is 0 Å². The SMILES string of the molecule is COC(C=[N+](S(=O)(=O)C(F)(F)F)S(=O)(=O)C(F)(F)F)OC.[LiH]. The van der Waals surface area contributed by atoms with Gasteiger partial charge in [-0.05, 0) is 0 Å². The van der Waals surface area contributed by atoms with E-state index in [-0.39, 0.29) is 18.9 Å². The Balaban J connectivity index is 0. The van der Waals surface area contributed by atoms with Gasteiger partial charge in [0.05, 0.1) is 0 Å². The fourth-order valence-corrected chi connectivity index (χ4v) is 3.28. The van der Waals surface area contributed by atoms with Crippen LogP contribution in [0.25, 0.3) is 0 Å². The molecule has 0 aromatic rings. The number of hydrogen-bond donors (Lipinski definition) is 0. The van der Waals surface area contributed by atoms with E-state index in [1.165, 1.54) is 0 Å². The summed E-state index contributed by atoms with van der Waals surface area (Å²) < 4.78 is 124. The molecule has 22 heavy (non-hydrogen) atoms. The van der Waals surface area contributed by atoms with Crippen molar-refractivity contribution in [1.82, 2.24) is 0 Å². The third kappa shape index (κ3) is 4.83. The summed E-state index contributed by atoms with van der Waals surface area (Å²) in [6.45, 7) is 0. The number of hydrogen-bond acceptors (Lipinski definition) is 6. The summed E-state index contributed by atoms with van der Waals surface area (Å²) in [5, 5.41) is 0. The van der Waals surface area contributed by atoms with Crippen molar-refractivity contribution in [1.29, 1.82) is 0 Å². The third-order valence-corrected chi connectivity index (χ3v) is 5.31. The third-order valence-electron chi connectivity index (χ3n) is 1.77. The maximum absolute atomic E-state index is 12.3. The number of sulfonamides is 2. The molecule has 0 aliphatic heterocycles. The second kappa shape index (κ2) is 7.49. The van der Waals surface area contributed by atoms with E-state index in [2.05, 4.69) is 9.47 Å². The molecule has 0 saturated heterocycles. The van der Waals surface area contributed by atoms with Crippen LogP contribution in [0, 0.1) is 0 Å². The molecule has 0 spiro atoms. The average Bonchev–Trinajstić information content (AvgIpc) is 2.26. The van der Waals surface area contributed by atoms with Gasteiger partial charge in [-0.2, -0.15) is 43.2 Å². The van der Waals surface area contributed by atoms with E-state index in [1.54, 1.807) is 0 Å². The zero-order chi connectivity index (χ0) is 17.3. The van der Waals surface area contributed by atoms with Crippen molar-refractivity contribution in [2.45, 2.75) is 17.3 Å². The molecule has 0 unspecified atom stereocenters. The molecule has 7 nitrogen and oxygen atoms in total. The van der Waals surface area contributed by atoms with Crippen molar-refractivity contribution in [2.24, 2.45) is 0 Å². The van der Waals surface area contributed by atoms with E-state index in [9.17, 15) is 43.2 Å². The van der Waals surface area contributed by atoms with E-state index in [1.807, 2.05) is 0 Å². The fraction of sp³-hybridized carbons (Fsp3) is 0.833. The first-order valence-electron chi connectivity index (χ1n) is 4.45. The van der Waals surface area contributed by atoms with Crippen LogP contribution in [0.1, 0.15) is 0 Å². The molecule has 0 rings (SSSR count). The van der Waals surface area contributed by atoms with E-state index >= 15 is 0 Å². The second-order valence-electron chi connectivity index (χ2n) is 3.12. The molecule has 0 aliphatic rings. The van der Waals surface area contributed by atoms with Crippen molar-refractivity contribution in [2.75, 3.05) is 14.2 Å². The Kier molecular flexibility index (Phi) is 8.15. The van der Waals surface area contributed by atoms with Gasteiger partial charge in [0.15, 0.2) is 0 Å². The number of ether oxygens (including phenoxy) is 2. The predicted molar refractivity (Wildman–Crippen MR) is 61.2 cm³/mol. The Morgan fingerprint density at radius 3 is 1.32 bits per heavy atom. The van der Waals surface area contributed by atoms with E-state index < -0.39 is 47.0 Å². The summed E-state index contributed by atoms with van der Waals surface area (Å²) >= 11 is 0. The molecule has 0 aliphatic carbocycles. The van der Waals surface area contributed by atoms with Crippen LogP contribution in [0.2, 0.25) is 0 Å². The van der Waals surface area contributed by atoms with Crippen molar-refractivity contribution >= 4 is 45.1 Å². The molecule has 0 heterocycles. The molecule has 0 saturated carbocycles. The molecule has 128 valence electrons. The molecular weight excluding hydrogens is 367 g/mol. The number of methoxy groups -OCH3 is 2. The zero-order valence-corrected chi connectivity index (χ0v) is 11.8. The molecule has 0 fully saturated rings. The minimum absolute atomic E-state index is 0. The van der Waals surface area contributed by atoms with Gasteiger partial charge >= 0.3 is 49.9 Å². The molecule has 0 bridgehead atoms. The van der Waals surface area contributed by atoms with Crippen LogP contribution in [0.3, 0.4) is 0 Å². The topological polar surface area (TPSA) is 89.8 Å². The van der Waals surface area contributed by atoms with Crippen molar-refractivity contribution in [3.63, 3.8) is 0 Å². The Bertz CT molecular complexity index is 559. The molecular formula is C6H9F6LiNO6S2+. The van der Waals surface area contributed by atoms with Gasteiger partial charge in [0.1, 0.15) is 0 Å². The molecule has 0 amide bonds. The first-order valence-corrected chi connectivity index (χ1v) is 7.33. The molecule has 16 heteroatoms. The summed E-state index contributed by atoms with van der Waals surface area (Å²) in [5.74, 6) is 0. The normalized spacial score (nSPS) is 13.7. The van der Waals surface area contributed by atoms with E-state index in [4.69, 9.17) is 0 Å². The van der Waals surface area contributed by atoms with Gasteiger partial charge in [-0.1, -0.05) is 0 Å². The summed E-state index contributed by atoms with van der Waals surface area (Å²) in [6.07, 6.45) is -2.62. The van der Waals surface area contributed by atoms with Gasteiger partial charge in [0, 0.05) is 17.6 Å². The van der Waals surface area contributed by atoms with Gasteiger partial charge < -0.3 is 9.47 Å².